The van der Waals surface area contributed by atoms with Crippen molar-refractivity contribution in [2.24, 2.45) is 0 Å². The second kappa shape index (κ2) is 8.52. The number of halogens is 3. The number of aromatic nitrogens is 1. The normalized spacial score (nSPS) is 16.4. The van der Waals surface area contributed by atoms with Gasteiger partial charge in [0.05, 0.1) is 29.6 Å². The van der Waals surface area contributed by atoms with Crippen molar-refractivity contribution in [3.8, 4) is 0 Å². The van der Waals surface area contributed by atoms with E-state index in [-0.39, 0.29) is 17.6 Å². The second-order valence-corrected chi connectivity index (χ2v) is 6.39. The second-order valence-electron chi connectivity index (χ2n) is 5.40. The number of carbonyl (C=O) groups excluding carboxylic acids is 2. The van der Waals surface area contributed by atoms with Crippen molar-refractivity contribution in [1.29, 1.82) is 0 Å². The molecule has 1 aliphatic rings. The third-order valence-corrected chi connectivity index (χ3v) is 4.43. The molecule has 1 N–H and O–H groups in total. The van der Waals surface area contributed by atoms with E-state index >= 15 is 0 Å². The van der Waals surface area contributed by atoms with Crippen LogP contribution >= 0.6 is 11.8 Å². The third kappa shape index (κ3) is 5.89. The largest absolute Gasteiger partial charge is 0.417 e. The van der Waals surface area contributed by atoms with Gasteiger partial charge < -0.3 is 15.0 Å². The summed E-state index contributed by atoms with van der Waals surface area (Å²) in [4.78, 5) is 29.4. The summed E-state index contributed by atoms with van der Waals surface area (Å²) in [6.45, 7) is 3.52. The molecule has 2 rings (SSSR count). The molecule has 0 spiro atoms. The van der Waals surface area contributed by atoms with E-state index in [2.05, 4.69) is 10.3 Å². The molecule has 0 radical (unpaired) electrons. The van der Waals surface area contributed by atoms with Crippen molar-refractivity contribution in [2.75, 3.05) is 32.1 Å². The lowest BCUT2D eigenvalue weighted by Gasteiger charge is -2.29. The molecule has 1 fully saturated rings. The molecule has 138 valence electrons. The zero-order valence-corrected chi connectivity index (χ0v) is 14.3. The van der Waals surface area contributed by atoms with Crippen molar-refractivity contribution >= 4 is 23.6 Å². The lowest BCUT2D eigenvalue weighted by atomic mass is 10.2. The highest BCUT2D eigenvalue weighted by Crippen LogP contribution is 2.29. The number of thioether (sulfide) groups is 1. The van der Waals surface area contributed by atoms with Gasteiger partial charge in [-0.25, -0.2) is 4.98 Å². The molecule has 1 atom stereocenters. The maximum atomic E-state index is 12.5. The van der Waals surface area contributed by atoms with Crippen LogP contribution in [0.15, 0.2) is 23.4 Å². The first-order chi connectivity index (χ1) is 11.8. The molecule has 1 saturated heterocycles. The van der Waals surface area contributed by atoms with Gasteiger partial charge in [0, 0.05) is 19.3 Å². The Labute approximate surface area is 147 Å². The molecule has 6 nitrogen and oxygen atoms in total. The van der Waals surface area contributed by atoms with Crippen LogP contribution in [0.4, 0.5) is 13.2 Å². The van der Waals surface area contributed by atoms with Gasteiger partial charge in [-0.15, -0.1) is 0 Å². The number of hydrogen-bond acceptors (Lipinski definition) is 5. The fraction of sp³-hybridized carbons (Fsp3) is 0.533. The van der Waals surface area contributed by atoms with Crippen LogP contribution in [0.25, 0.3) is 0 Å². The zero-order valence-electron chi connectivity index (χ0n) is 13.5. The third-order valence-electron chi connectivity index (χ3n) is 3.49. The van der Waals surface area contributed by atoms with E-state index in [0.29, 0.717) is 31.3 Å². The number of rotatable bonds is 5. The van der Waals surface area contributed by atoms with Crippen molar-refractivity contribution in [2.45, 2.75) is 24.2 Å². The summed E-state index contributed by atoms with van der Waals surface area (Å²) in [5, 5.41) is 2.88. The Balaban J connectivity index is 1.78. The summed E-state index contributed by atoms with van der Waals surface area (Å²) in [6, 6.07) is 1.45. The van der Waals surface area contributed by atoms with Crippen LogP contribution in [0.3, 0.4) is 0 Å². The Morgan fingerprint density at radius 3 is 2.60 bits per heavy atom. The number of carbonyl (C=O) groups is 2. The molecule has 0 bridgehead atoms. The fourth-order valence-corrected chi connectivity index (χ4v) is 2.83. The highest BCUT2D eigenvalue weighted by molar-refractivity contribution is 7.99. The number of ether oxygens (including phenoxy) is 1. The van der Waals surface area contributed by atoms with E-state index in [1.54, 1.807) is 11.8 Å². The molecule has 2 amide bonds. The van der Waals surface area contributed by atoms with Crippen LogP contribution in [-0.4, -0.2) is 59.8 Å². The molecule has 1 unspecified atom stereocenters. The quantitative estimate of drug-likeness (QED) is 0.789. The van der Waals surface area contributed by atoms with Gasteiger partial charge >= 0.3 is 6.18 Å². The smallest absolute Gasteiger partial charge is 0.378 e. The van der Waals surface area contributed by atoms with Crippen molar-refractivity contribution in [1.82, 2.24) is 15.2 Å². The summed E-state index contributed by atoms with van der Waals surface area (Å²) < 4.78 is 42.5. The summed E-state index contributed by atoms with van der Waals surface area (Å²) in [6.07, 6.45) is -3.71. The summed E-state index contributed by atoms with van der Waals surface area (Å²) >= 11 is 1.00. The lowest BCUT2D eigenvalue weighted by Crippen LogP contribution is -2.50. The number of hydrogen-bond donors (Lipinski definition) is 1. The Morgan fingerprint density at radius 1 is 1.36 bits per heavy atom. The van der Waals surface area contributed by atoms with Crippen molar-refractivity contribution < 1.29 is 27.5 Å². The standard InChI is InChI=1S/C15H18F3N3O3S/c1-10(14(23)21-4-6-24-7-5-21)20-12(22)9-25-13-3-2-11(8-19-13)15(16,17)18/h2-3,8,10H,4-7,9H2,1H3,(H,20,22). The van der Waals surface area contributed by atoms with E-state index in [4.69, 9.17) is 4.74 Å². The van der Waals surface area contributed by atoms with Gasteiger partial charge in [-0.3, -0.25) is 9.59 Å². The number of pyridine rings is 1. The number of morpholine rings is 1. The lowest BCUT2D eigenvalue weighted by molar-refractivity contribution is -0.139. The topological polar surface area (TPSA) is 71.5 Å². The maximum Gasteiger partial charge on any atom is 0.417 e. The first-order valence-corrected chi connectivity index (χ1v) is 8.58. The van der Waals surface area contributed by atoms with E-state index in [1.165, 1.54) is 6.07 Å². The molecule has 0 saturated carbocycles. The minimum atomic E-state index is -4.44. The Kier molecular flexibility index (Phi) is 6.65. The van der Waals surface area contributed by atoms with Crippen LogP contribution in [-0.2, 0) is 20.5 Å². The Bertz CT molecular complexity index is 604. The van der Waals surface area contributed by atoms with E-state index in [9.17, 15) is 22.8 Å². The summed E-state index contributed by atoms with van der Waals surface area (Å²) in [5.74, 6) is -0.617. The van der Waals surface area contributed by atoms with Crippen LogP contribution in [0.2, 0.25) is 0 Å². The first kappa shape index (κ1) is 19.5. The van der Waals surface area contributed by atoms with Gasteiger partial charge in [-0.1, -0.05) is 11.8 Å². The van der Waals surface area contributed by atoms with E-state index < -0.39 is 17.8 Å². The zero-order chi connectivity index (χ0) is 18.4. The van der Waals surface area contributed by atoms with Crippen LogP contribution < -0.4 is 5.32 Å². The number of amides is 2. The van der Waals surface area contributed by atoms with E-state index in [0.717, 1.165) is 24.0 Å². The van der Waals surface area contributed by atoms with Crippen LogP contribution in [0.5, 0.6) is 0 Å². The SMILES string of the molecule is CC(NC(=O)CSc1ccc(C(F)(F)F)cn1)C(=O)N1CCOCC1. The van der Waals surface area contributed by atoms with Crippen molar-refractivity contribution in [3.05, 3.63) is 23.9 Å². The average Bonchev–Trinajstić information content (AvgIpc) is 2.59. The minimum absolute atomic E-state index is 0.0426. The van der Waals surface area contributed by atoms with Gasteiger partial charge in [0.1, 0.15) is 6.04 Å². The van der Waals surface area contributed by atoms with Gasteiger partial charge in [0.15, 0.2) is 0 Å². The maximum absolute atomic E-state index is 12.5. The highest BCUT2D eigenvalue weighted by atomic mass is 32.2. The monoisotopic (exact) mass is 377 g/mol. The highest BCUT2D eigenvalue weighted by Gasteiger charge is 2.30. The summed E-state index contributed by atoms with van der Waals surface area (Å²) in [5.41, 5.74) is -0.842. The Morgan fingerprint density at radius 2 is 2.04 bits per heavy atom. The van der Waals surface area contributed by atoms with Crippen molar-refractivity contribution in [3.63, 3.8) is 0 Å². The minimum Gasteiger partial charge on any atom is -0.378 e. The fourth-order valence-electron chi connectivity index (χ4n) is 2.18. The molecule has 0 aromatic carbocycles. The molecule has 10 heteroatoms. The van der Waals surface area contributed by atoms with Gasteiger partial charge in [0.2, 0.25) is 11.8 Å². The predicted molar refractivity (Wildman–Crippen MR) is 85.0 cm³/mol. The van der Waals surface area contributed by atoms with Gasteiger partial charge in [0.25, 0.3) is 0 Å². The molecule has 25 heavy (non-hydrogen) atoms. The molecule has 1 aliphatic heterocycles. The average molecular weight is 377 g/mol. The van der Waals surface area contributed by atoms with Gasteiger partial charge in [-0.05, 0) is 19.1 Å². The Hall–Kier alpha value is -1.81. The molecule has 1 aromatic rings. The molecule has 2 heterocycles. The first-order valence-electron chi connectivity index (χ1n) is 7.59. The number of nitrogens with one attached hydrogen (secondary N) is 1. The van der Waals surface area contributed by atoms with Crippen LogP contribution in [0.1, 0.15) is 12.5 Å². The summed E-state index contributed by atoms with van der Waals surface area (Å²) in [7, 11) is 0. The van der Waals surface area contributed by atoms with Crippen LogP contribution in [0, 0.1) is 0 Å². The van der Waals surface area contributed by atoms with Gasteiger partial charge in [-0.2, -0.15) is 13.2 Å². The number of nitrogens with zero attached hydrogens (tertiary/aromatic N) is 2. The molecule has 1 aromatic heterocycles. The number of alkyl halides is 3. The van der Waals surface area contributed by atoms with E-state index in [1.807, 2.05) is 0 Å². The molecular weight excluding hydrogens is 359 g/mol. The predicted octanol–water partition coefficient (Wildman–Crippen LogP) is 1.56. The molecule has 0 aliphatic carbocycles. The molecular formula is C15H18F3N3O3S.